The lowest BCUT2D eigenvalue weighted by Crippen LogP contribution is -2.38. The van der Waals surface area contributed by atoms with E-state index in [0.29, 0.717) is 6.42 Å². The number of aromatic nitrogens is 2. The fraction of sp³-hybridized carbons (Fsp3) is 0.727. The number of rotatable bonds is 6. The maximum absolute atomic E-state index is 12.1. The molecule has 3 N–H and O–H groups in total. The van der Waals surface area contributed by atoms with Crippen LogP contribution in [0.4, 0.5) is 13.2 Å². The molecule has 0 aliphatic heterocycles. The largest absolute Gasteiger partial charge is 0.389 e. The Morgan fingerprint density at radius 3 is 2.61 bits per heavy atom. The van der Waals surface area contributed by atoms with E-state index in [0.717, 1.165) is 17.8 Å². The molecule has 1 aromatic rings. The smallest absolute Gasteiger partial charge is 0.272 e. The van der Waals surface area contributed by atoms with Gasteiger partial charge in [0.05, 0.1) is 5.69 Å². The molecule has 0 aliphatic carbocycles. The summed E-state index contributed by atoms with van der Waals surface area (Å²) in [4.78, 5) is 0. The number of nitrogens with two attached hydrogens (primary N) is 1. The second-order valence-electron chi connectivity index (χ2n) is 4.33. The highest BCUT2D eigenvalue weighted by Gasteiger charge is 2.28. The molecule has 1 unspecified atom stereocenters. The van der Waals surface area contributed by atoms with Crippen LogP contribution in [0, 0.1) is 0 Å². The maximum Gasteiger partial charge on any atom is 0.389 e. The van der Waals surface area contributed by atoms with Crippen LogP contribution in [-0.4, -0.2) is 22.0 Å². The van der Waals surface area contributed by atoms with Crippen LogP contribution in [0.2, 0.25) is 0 Å². The minimum absolute atomic E-state index is 0.0351. The number of hydrogen-bond acceptors (Lipinski definition) is 3. The molecule has 104 valence electrons. The van der Waals surface area contributed by atoms with Gasteiger partial charge in [-0.15, -0.1) is 0 Å². The molecule has 0 aromatic carbocycles. The highest BCUT2D eigenvalue weighted by atomic mass is 19.4. The van der Waals surface area contributed by atoms with Gasteiger partial charge in [0.25, 0.3) is 0 Å². The van der Waals surface area contributed by atoms with Crippen LogP contribution in [0.1, 0.15) is 31.2 Å². The molecule has 1 aromatic heterocycles. The van der Waals surface area contributed by atoms with Gasteiger partial charge in [-0.25, -0.2) is 0 Å². The minimum Gasteiger partial charge on any atom is -0.272 e. The van der Waals surface area contributed by atoms with Gasteiger partial charge in [0.15, 0.2) is 0 Å². The second-order valence-corrected chi connectivity index (χ2v) is 4.33. The predicted octanol–water partition coefficient (Wildman–Crippen LogP) is 1.70. The number of aryl methyl sites for hydroxylation is 2. The lowest BCUT2D eigenvalue weighted by Gasteiger charge is -2.16. The molecule has 0 radical (unpaired) electrons. The van der Waals surface area contributed by atoms with E-state index in [1.807, 2.05) is 13.0 Å². The van der Waals surface area contributed by atoms with Crippen LogP contribution in [0.15, 0.2) is 6.07 Å². The van der Waals surface area contributed by atoms with Gasteiger partial charge in [-0.3, -0.25) is 16.0 Å². The molecule has 1 heterocycles. The first kappa shape index (κ1) is 15.0. The van der Waals surface area contributed by atoms with E-state index < -0.39 is 18.6 Å². The zero-order valence-electron chi connectivity index (χ0n) is 10.6. The molecule has 0 spiro atoms. The summed E-state index contributed by atoms with van der Waals surface area (Å²) >= 11 is 0. The monoisotopic (exact) mass is 264 g/mol. The molecule has 0 saturated carbocycles. The Balaban J connectivity index is 2.59. The van der Waals surface area contributed by atoms with E-state index in [1.165, 1.54) is 0 Å². The molecular formula is C11H19F3N4. The maximum atomic E-state index is 12.1. The van der Waals surface area contributed by atoms with Crippen LogP contribution in [0.25, 0.3) is 0 Å². The molecule has 0 fully saturated rings. The van der Waals surface area contributed by atoms with Crippen LogP contribution >= 0.6 is 0 Å². The number of nitrogens with zero attached hydrogens (tertiary/aromatic N) is 2. The Labute approximate surface area is 104 Å². The summed E-state index contributed by atoms with van der Waals surface area (Å²) < 4.78 is 38.1. The van der Waals surface area contributed by atoms with Crippen molar-refractivity contribution in [3.05, 3.63) is 17.5 Å². The summed E-state index contributed by atoms with van der Waals surface area (Å²) in [5.41, 5.74) is 4.25. The van der Waals surface area contributed by atoms with Gasteiger partial charge in [-0.1, -0.05) is 6.92 Å². The van der Waals surface area contributed by atoms with Crippen molar-refractivity contribution in [1.82, 2.24) is 15.2 Å². The normalized spacial score (nSPS) is 13.9. The summed E-state index contributed by atoms with van der Waals surface area (Å²) in [5, 5.41) is 4.25. The molecule has 7 heteroatoms. The third-order valence-corrected chi connectivity index (χ3v) is 2.86. The summed E-state index contributed by atoms with van der Waals surface area (Å²) in [6.45, 7) is 1.98. The van der Waals surface area contributed by atoms with Crippen LogP contribution in [-0.2, 0) is 19.9 Å². The van der Waals surface area contributed by atoms with Crippen molar-refractivity contribution in [1.29, 1.82) is 0 Å². The molecular weight excluding hydrogens is 245 g/mol. The van der Waals surface area contributed by atoms with Crippen molar-refractivity contribution >= 4 is 0 Å². The Hall–Kier alpha value is -1.08. The topological polar surface area (TPSA) is 55.9 Å². The van der Waals surface area contributed by atoms with E-state index in [1.54, 1.807) is 11.7 Å². The first-order valence-corrected chi connectivity index (χ1v) is 5.90. The van der Waals surface area contributed by atoms with Crippen LogP contribution < -0.4 is 11.3 Å². The van der Waals surface area contributed by atoms with E-state index in [9.17, 15) is 13.2 Å². The van der Waals surface area contributed by atoms with E-state index in [-0.39, 0.29) is 6.42 Å². The first-order valence-electron chi connectivity index (χ1n) is 5.90. The standard InChI is InChI=1S/C11H19F3N4/c1-3-8-6-10(18(2)17-8)7-9(16-15)4-5-11(12,13)14/h6,9,16H,3-5,7,15H2,1-2H3. The van der Waals surface area contributed by atoms with Gasteiger partial charge in [0.2, 0.25) is 0 Å². The van der Waals surface area contributed by atoms with Crippen molar-refractivity contribution in [3.63, 3.8) is 0 Å². The second kappa shape index (κ2) is 6.19. The van der Waals surface area contributed by atoms with Crippen LogP contribution in [0.5, 0.6) is 0 Å². The van der Waals surface area contributed by atoms with Gasteiger partial charge in [0.1, 0.15) is 0 Å². The molecule has 0 bridgehead atoms. The third-order valence-electron chi connectivity index (χ3n) is 2.86. The van der Waals surface area contributed by atoms with Crippen LogP contribution in [0.3, 0.4) is 0 Å². The summed E-state index contributed by atoms with van der Waals surface area (Å²) in [7, 11) is 1.78. The van der Waals surface area contributed by atoms with Gasteiger partial charge in [-0.2, -0.15) is 18.3 Å². The van der Waals surface area contributed by atoms with Gasteiger partial charge < -0.3 is 0 Å². The number of hydrogen-bond donors (Lipinski definition) is 2. The van der Waals surface area contributed by atoms with Crippen molar-refractivity contribution in [2.75, 3.05) is 0 Å². The lowest BCUT2D eigenvalue weighted by molar-refractivity contribution is -0.136. The third kappa shape index (κ3) is 4.66. The Bertz CT molecular complexity index is 373. The summed E-state index contributed by atoms with van der Waals surface area (Å²) in [6.07, 6.45) is -3.77. The quantitative estimate of drug-likeness (QED) is 0.607. The molecule has 1 rings (SSSR count). The fourth-order valence-corrected chi connectivity index (χ4v) is 1.77. The average molecular weight is 264 g/mol. The summed E-state index contributed by atoms with van der Waals surface area (Å²) in [6, 6.07) is 1.50. The highest BCUT2D eigenvalue weighted by molar-refractivity contribution is 5.11. The SMILES string of the molecule is CCc1cc(CC(CCC(F)(F)F)NN)n(C)n1. The highest BCUT2D eigenvalue weighted by Crippen LogP contribution is 2.23. The molecule has 18 heavy (non-hydrogen) atoms. The number of nitrogens with one attached hydrogen (secondary N) is 1. The van der Waals surface area contributed by atoms with Crippen molar-refractivity contribution in [2.24, 2.45) is 12.9 Å². The van der Waals surface area contributed by atoms with E-state index in [4.69, 9.17) is 5.84 Å². The zero-order valence-corrected chi connectivity index (χ0v) is 10.6. The van der Waals surface area contributed by atoms with Gasteiger partial charge in [0, 0.05) is 31.6 Å². The summed E-state index contributed by atoms with van der Waals surface area (Å²) in [5.74, 6) is 5.29. The van der Waals surface area contributed by atoms with E-state index >= 15 is 0 Å². The van der Waals surface area contributed by atoms with Gasteiger partial charge >= 0.3 is 6.18 Å². The predicted molar refractivity (Wildman–Crippen MR) is 62.7 cm³/mol. The minimum atomic E-state index is -4.14. The number of halogens is 3. The van der Waals surface area contributed by atoms with Crippen molar-refractivity contribution < 1.29 is 13.2 Å². The lowest BCUT2D eigenvalue weighted by atomic mass is 10.1. The Kier molecular flexibility index (Phi) is 5.15. The molecule has 1 atom stereocenters. The Morgan fingerprint density at radius 1 is 1.50 bits per heavy atom. The van der Waals surface area contributed by atoms with Crippen molar-refractivity contribution in [2.45, 2.75) is 44.8 Å². The first-order chi connectivity index (χ1) is 8.35. The fourth-order valence-electron chi connectivity index (χ4n) is 1.77. The van der Waals surface area contributed by atoms with Gasteiger partial charge in [-0.05, 0) is 18.9 Å². The van der Waals surface area contributed by atoms with E-state index in [2.05, 4.69) is 10.5 Å². The number of hydrazine groups is 1. The zero-order chi connectivity index (χ0) is 13.8. The average Bonchev–Trinajstić information content (AvgIpc) is 2.64. The molecule has 0 aliphatic rings. The number of alkyl halides is 3. The van der Waals surface area contributed by atoms with Crippen molar-refractivity contribution in [3.8, 4) is 0 Å². The Morgan fingerprint density at radius 2 is 2.17 bits per heavy atom. The molecule has 0 saturated heterocycles. The molecule has 4 nitrogen and oxygen atoms in total. The molecule has 0 amide bonds.